The number of nitro groups is 1. The molecule has 0 saturated heterocycles. The van der Waals surface area contributed by atoms with Crippen LogP contribution in [0, 0.1) is 17.0 Å². The van der Waals surface area contributed by atoms with Gasteiger partial charge >= 0.3 is 5.97 Å². The normalized spacial score (nSPS) is 12.2. The third-order valence-corrected chi connectivity index (χ3v) is 4.36. The van der Waals surface area contributed by atoms with Crippen LogP contribution >= 0.6 is 11.6 Å². The van der Waals surface area contributed by atoms with Crippen LogP contribution in [0.1, 0.15) is 15.9 Å². The summed E-state index contributed by atoms with van der Waals surface area (Å²) in [6, 6.07) is 7.25. The Labute approximate surface area is 164 Å². The molecular formula is C18H15ClN2O7. The number of nitrogens with zero attached hydrogens (tertiary/aromatic N) is 1. The molecule has 28 heavy (non-hydrogen) atoms. The van der Waals surface area contributed by atoms with Crippen LogP contribution in [0.25, 0.3) is 0 Å². The topological polar surface area (TPSA) is 117 Å². The van der Waals surface area contributed by atoms with Crippen molar-refractivity contribution in [3.05, 3.63) is 56.6 Å². The van der Waals surface area contributed by atoms with E-state index >= 15 is 0 Å². The van der Waals surface area contributed by atoms with Crippen molar-refractivity contribution in [1.82, 2.24) is 0 Å². The Morgan fingerprint density at radius 1 is 1.25 bits per heavy atom. The summed E-state index contributed by atoms with van der Waals surface area (Å²) in [6.45, 7) is 1.59. The van der Waals surface area contributed by atoms with E-state index in [9.17, 15) is 19.7 Å². The number of hydrogen-bond donors (Lipinski definition) is 1. The molecule has 9 nitrogen and oxygen atoms in total. The number of esters is 1. The van der Waals surface area contributed by atoms with Crippen molar-refractivity contribution in [3.63, 3.8) is 0 Å². The smallest absolute Gasteiger partial charge is 0.345 e. The van der Waals surface area contributed by atoms with Gasteiger partial charge in [0.1, 0.15) is 18.8 Å². The van der Waals surface area contributed by atoms with Crippen LogP contribution in [0.3, 0.4) is 0 Å². The highest BCUT2D eigenvalue weighted by Crippen LogP contribution is 2.36. The number of carbonyl (C=O) groups is 2. The first-order chi connectivity index (χ1) is 13.4. The lowest BCUT2D eigenvalue weighted by molar-refractivity contribution is -0.385. The van der Waals surface area contributed by atoms with Crippen molar-refractivity contribution >= 4 is 34.9 Å². The lowest BCUT2D eigenvalue weighted by Crippen LogP contribution is -2.22. The number of anilines is 1. The summed E-state index contributed by atoms with van der Waals surface area (Å²) in [5.74, 6) is -1.27. The molecule has 1 aliphatic rings. The maximum atomic E-state index is 12.3. The van der Waals surface area contributed by atoms with Crippen molar-refractivity contribution in [3.8, 4) is 11.5 Å². The Morgan fingerprint density at radius 3 is 2.61 bits per heavy atom. The van der Waals surface area contributed by atoms with Gasteiger partial charge in [0, 0.05) is 16.8 Å². The van der Waals surface area contributed by atoms with Gasteiger partial charge in [-0.1, -0.05) is 17.7 Å². The Hall–Kier alpha value is -3.33. The zero-order valence-corrected chi connectivity index (χ0v) is 15.4. The second kappa shape index (κ2) is 8.13. The van der Waals surface area contributed by atoms with E-state index in [2.05, 4.69) is 5.32 Å². The maximum Gasteiger partial charge on any atom is 0.345 e. The summed E-state index contributed by atoms with van der Waals surface area (Å²) in [6.07, 6.45) is 0. The van der Waals surface area contributed by atoms with Gasteiger partial charge < -0.3 is 19.5 Å². The molecule has 0 saturated carbocycles. The highest BCUT2D eigenvalue weighted by molar-refractivity contribution is 6.31. The summed E-state index contributed by atoms with van der Waals surface area (Å²) in [5, 5.41) is 14.3. The van der Waals surface area contributed by atoms with Gasteiger partial charge in [-0.05, 0) is 24.6 Å². The molecule has 1 amide bonds. The van der Waals surface area contributed by atoms with Gasteiger partial charge in [-0.25, -0.2) is 4.79 Å². The Kier molecular flexibility index (Phi) is 5.65. The number of benzene rings is 2. The number of amides is 1. The molecule has 0 unspecified atom stereocenters. The Morgan fingerprint density at radius 2 is 1.93 bits per heavy atom. The van der Waals surface area contributed by atoms with Crippen LogP contribution in [-0.4, -0.2) is 36.6 Å². The molecule has 2 aromatic carbocycles. The number of carbonyl (C=O) groups excluding carboxylic acids is 2. The van der Waals surface area contributed by atoms with E-state index in [1.165, 1.54) is 6.07 Å². The fraction of sp³-hybridized carbons (Fsp3) is 0.222. The second-order valence-corrected chi connectivity index (χ2v) is 6.21. The molecular weight excluding hydrogens is 392 g/mol. The maximum absolute atomic E-state index is 12.3. The van der Waals surface area contributed by atoms with E-state index < -0.39 is 29.1 Å². The molecule has 0 radical (unpaired) electrons. The van der Waals surface area contributed by atoms with E-state index in [0.717, 1.165) is 6.07 Å². The first-order valence-electron chi connectivity index (χ1n) is 8.17. The van der Waals surface area contributed by atoms with E-state index in [1.54, 1.807) is 25.1 Å². The summed E-state index contributed by atoms with van der Waals surface area (Å²) in [5.41, 5.74) is 0.298. The first-order valence-corrected chi connectivity index (χ1v) is 8.54. The van der Waals surface area contributed by atoms with Crippen LogP contribution in [-0.2, 0) is 9.53 Å². The first kappa shape index (κ1) is 19.4. The molecule has 1 heterocycles. The predicted octanol–water partition coefficient (Wildman–Crippen LogP) is 3.12. The van der Waals surface area contributed by atoms with Gasteiger partial charge in [-0.3, -0.25) is 14.9 Å². The average Bonchev–Trinajstić information content (AvgIpc) is 2.68. The summed E-state index contributed by atoms with van der Waals surface area (Å²) in [4.78, 5) is 34.9. The quantitative estimate of drug-likeness (QED) is 0.460. The van der Waals surface area contributed by atoms with Gasteiger partial charge in [-0.2, -0.15) is 0 Å². The van der Waals surface area contributed by atoms with Crippen molar-refractivity contribution in [1.29, 1.82) is 0 Å². The van der Waals surface area contributed by atoms with Crippen LogP contribution in [0.15, 0.2) is 30.3 Å². The van der Waals surface area contributed by atoms with E-state index in [0.29, 0.717) is 16.3 Å². The zero-order chi connectivity index (χ0) is 20.3. The monoisotopic (exact) mass is 406 g/mol. The van der Waals surface area contributed by atoms with Gasteiger partial charge in [0.2, 0.25) is 0 Å². The molecule has 1 N–H and O–H groups in total. The van der Waals surface area contributed by atoms with Gasteiger partial charge in [0.25, 0.3) is 11.6 Å². The van der Waals surface area contributed by atoms with Crippen molar-refractivity contribution in [2.75, 3.05) is 25.1 Å². The van der Waals surface area contributed by atoms with Crippen LogP contribution in [0.5, 0.6) is 11.5 Å². The molecule has 0 aliphatic carbocycles. The third kappa shape index (κ3) is 4.15. The molecule has 3 rings (SSSR count). The molecule has 0 fully saturated rings. The molecule has 0 spiro atoms. The summed E-state index contributed by atoms with van der Waals surface area (Å²) in [7, 11) is 0. The fourth-order valence-corrected chi connectivity index (χ4v) is 2.71. The molecule has 146 valence electrons. The van der Waals surface area contributed by atoms with Crippen molar-refractivity contribution < 1.29 is 28.7 Å². The van der Waals surface area contributed by atoms with Gasteiger partial charge in [0.15, 0.2) is 18.1 Å². The number of ether oxygens (including phenoxy) is 3. The minimum Gasteiger partial charge on any atom is -0.486 e. The number of nitrogens with one attached hydrogen (secondary N) is 1. The number of fused-ring (bicyclic) bond motifs is 1. The van der Waals surface area contributed by atoms with Crippen molar-refractivity contribution in [2.24, 2.45) is 0 Å². The average molecular weight is 407 g/mol. The molecule has 1 aliphatic heterocycles. The highest BCUT2D eigenvalue weighted by Gasteiger charge is 2.27. The molecule has 0 aromatic heterocycles. The van der Waals surface area contributed by atoms with Crippen LogP contribution in [0.4, 0.5) is 11.4 Å². The van der Waals surface area contributed by atoms with Gasteiger partial charge in [0.05, 0.1) is 11.0 Å². The zero-order valence-electron chi connectivity index (χ0n) is 14.7. The van der Waals surface area contributed by atoms with E-state index in [4.69, 9.17) is 25.8 Å². The number of hydrogen-bond acceptors (Lipinski definition) is 7. The lowest BCUT2D eigenvalue weighted by Gasteiger charge is -2.18. The van der Waals surface area contributed by atoms with Crippen molar-refractivity contribution in [2.45, 2.75) is 6.92 Å². The minimum absolute atomic E-state index is 0.170. The van der Waals surface area contributed by atoms with E-state index in [-0.39, 0.29) is 30.3 Å². The van der Waals surface area contributed by atoms with Gasteiger partial charge in [-0.15, -0.1) is 0 Å². The third-order valence-electron chi connectivity index (χ3n) is 3.95. The second-order valence-electron chi connectivity index (χ2n) is 5.81. The molecule has 0 atom stereocenters. The van der Waals surface area contributed by atoms with Crippen LogP contribution in [0.2, 0.25) is 5.02 Å². The van der Waals surface area contributed by atoms with Crippen LogP contribution < -0.4 is 14.8 Å². The number of halogens is 1. The Bertz CT molecular complexity index is 961. The molecule has 2 aromatic rings. The van der Waals surface area contributed by atoms with E-state index in [1.807, 2.05) is 0 Å². The largest absolute Gasteiger partial charge is 0.486 e. The molecule has 10 heteroatoms. The SMILES string of the molecule is Cc1c(Cl)cccc1NC(=O)COC(=O)c1cc2c(cc1[N+](=O)[O-])OCCO2. The summed E-state index contributed by atoms with van der Waals surface area (Å²) < 4.78 is 15.5. The number of nitro benzene ring substituents is 1. The summed E-state index contributed by atoms with van der Waals surface area (Å²) >= 11 is 5.99. The lowest BCUT2D eigenvalue weighted by atomic mass is 10.1. The predicted molar refractivity (Wildman–Crippen MR) is 99.2 cm³/mol. The number of rotatable bonds is 5. The fourth-order valence-electron chi connectivity index (χ4n) is 2.53. The Balaban J connectivity index is 1.71. The highest BCUT2D eigenvalue weighted by atomic mass is 35.5. The minimum atomic E-state index is -1.03. The standard InChI is InChI=1S/C18H15ClN2O7/c1-10-12(19)3-2-4-13(10)20-17(22)9-28-18(23)11-7-15-16(27-6-5-26-15)8-14(11)21(24)25/h2-4,7-8H,5-6,9H2,1H3,(H,20,22). The molecule has 0 bridgehead atoms.